The van der Waals surface area contributed by atoms with E-state index in [2.05, 4.69) is 28.1 Å². The summed E-state index contributed by atoms with van der Waals surface area (Å²) in [5, 5.41) is 2.99. The van der Waals surface area contributed by atoms with Crippen LogP contribution in [0.3, 0.4) is 0 Å². The number of fused-ring (bicyclic) bond motifs is 3. The Bertz CT molecular complexity index is 1010. The van der Waals surface area contributed by atoms with Gasteiger partial charge in [0.15, 0.2) is 11.5 Å². The molecule has 1 atom stereocenters. The van der Waals surface area contributed by atoms with E-state index < -0.39 is 0 Å². The number of amides is 2. The molecule has 6 heteroatoms. The van der Waals surface area contributed by atoms with Crippen molar-refractivity contribution in [2.24, 2.45) is 0 Å². The summed E-state index contributed by atoms with van der Waals surface area (Å²) in [6, 6.07) is 17.3. The summed E-state index contributed by atoms with van der Waals surface area (Å²) < 4.78 is 12.8. The Kier molecular flexibility index (Phi) is 4.69. The van der Waals surface area contributed by atoms with Crippen LogP contribution in [0.25, 0.3) is 5.69 Å². The second kappa shape index (κ2) is 7.31. The first kappa shape index (κ1) is 18.0. The number of nitrogens with one attached hydrogen (secondary N) is 1. The monoisotopic (exact) mass is 377 g/mol. The van der Waals surface area contributed by atoms with Crippen LogP contribution in [0.5, 0.6) is 11.5 Å². The van der Waals surface area contributed by atoms with E-state index in [4.69, 9.17) is 9.47 Å². The molecular weight excluding hydrogens is 354 g/mol. The molecule has 2 heterocycles. The Labute approximate surface area is 164 Å². The van der Waals surface area contributed by atoms with Gasteiger partial charge in [-0.1, -0.05) is 18.2 Å². The molecule has 6 nitrogen and oxygen atoms in total. The molecule has 1 aliphatic heterocycles. The van der Waals surface area contributed by atoms with Crippen molar-refractivity contribution < 1.29 is 14.3 Å². The number of carbonyl (C=O) groups is 1. The number of aromatic nitrogens is 1. The van der Waals surface area contributed by atoms with Crippen LogP contribution in [0.15, 0.2) is 60.8 Å². The number of para-hydroxylation sites is 1. The summed E-state index contributed by atoms with van der Waals surface area (Å²) >= 11 is 0. The molecule has 0 spiro atoms. The minimum atomic E-state index is -0.163. The number of benzene rings is 2. The Hall–Kier alpha value is -3.41. The number of anilines is 1. The standard InChI is InChI=1S/C22H23N3O3/c1-15-18-9-6-12-24(18)19-8-5-4-7-16(19)14-25(15)22(26)23-17-10-11-20(27-2)21(13-17)28-3/h4-13,15H,14H2,1-3H3,(H,23,26)/t15-/m1/s1. The second-order valence-electron chi connectivity index (χ2n) is 6.74. The molecule has 2 aromatic carbocycles. The summed E-state index contributed by atoms with van der Waals surface area (Å²) in [4.78, 5) is 15.0. The molecule has 4 rings (SSSR count). The number of carbonyl (C=O) groups excluding carboxylic acids is 1. The van der Waals surface area contributed by atoms with E-state index in [0.29, 0.717) is 23.7 Å². The number of ether oxygens (including phenoxy) is 2. The van der Waals surface area contributed by atoms with Crippen molar-refractivity contribution in [3.63, 3.8) is 0 Å². The molecule has 3 aromatic rings. The topological polar surface area (TPSA) is 55.7 Å². The van der Waals surface area contributed by atoms with Crippen molar-refractivity contribution in [2.75, 3.05) is 19.5 Å². The first-order valence-electron chi connectivity index (χ1n) is 9.17. The Morgan fingerprint density at radius 3 is 2.61 bits per heavy atom. The van der Waals surface area contributed by atoms with E-state index in [1.807, 2.05) is 36.2 Å². The average Bonchev–Trinajstić information content (AvgIpc) is 3.17. The van der Waals surface area contributed by atoms with Gasteiger partial charge in [0.1, 0.15) is 0 Å². The molecule has 1 aromatic heterocycles. The highest BCUT2D eigenvalue weighted by Crippen LogP contribution is 2.33. The predicted molar refractivity (Wildman–Crippen MR) is 108 cm³/mol. The van der Waals surface area contributed by atoms with Crippen LogP contribution in [0.4, 0.5) is 10.5 Å². The van der Waals surface area contributed by atoms with Gasteiger partial charge in [-0.25, -0.2) is 4.79 Å². The molecule has 2 amide bonds. The lowest BCUT2D eigenvalue weighted by molar-refractivity contribution is 0.189. The molecule has 0 radical (unpaired) electrons. The lowest BCUT2D eigenvalue weighted by Gasteiger charge is -2.27. The van der Waals surface area contributed by atoms with Crippen LogP contribution in [0, 0.1) is 0 Å². The Morgan fingerprint density at radius 1 is 1.04 bits per heavy atom. The van der Waals surface area contributed by atoms with Gasteiger partial charge in [0.05, 0.1) is 32.5 Å². The van der Waals surface area contributed by atoms with Gasteiger partial charge in [0.25, 0.3) is 0 Å². The molecule has 144 valence electrons. The van der Waals surface area contributed by atoms with Gasteiger partial charge in [-0.2, -0.15) is 0 Å². The van der Waals surface area contributed by atoms with Gasteiger partial charge < -0.3 is 24.3 Å². The highest BCUT2D eigenvalue weighted by Gasteiger charge is 2.28. The maximum Gasteiger partial charge on any atom is 0.322 e. The molecule has 1 N–H and O–H groups in total. The fraction of sp³-hybridized carbons (Fsp3) is 0.227. The smallest absolute Gasteiger partial charge is 0.322 e. The summed E-state index contributed by atoms with van der Waals surface area (Å²) in [6.07, 6.45) is 2.04. The van der Waals surface area contributed by atoms with Crippen LogP contribution in [0.2, 0.25) is 0 Å². The number of nitrogens with zero attached hydrogens (tertiary/aromatic N) is 2. The van der Waals surface area contributed by atoms with E-state index in [-0.39, 0.29) is 12.1 Å². The number of methoxy groups -OCH3 is 2. The molecule has 0 fully saturated rings. The number of urea groups is 1. The third-order valence-electron chi connectivity index (χ3n) is 5.16. The minimum absolute atomic E-state index is 0.0810. The van der Waals surface area contributed by atoms with Crippen LogP contribution < -0.4 is 14.8 Å². The molecule has 1 aliphatic rings. The first-order valence-corrected chi connectivity index (χ1v) is 9.17. The zero-order valence-corrected chi connectivity index (χ0v) is 16.2. The van der Waals surface area contributed by atoms with Crippen LogP contribution in [-0.2, 0) is 6.54 Å². The van der Waals surface area contributed by atoms with E-state index in [1.165, 1.54) is 0 Å². The fourth-order valence-corrected chi connectivity index (χ4v) is 3.67. The normalized spacial score (nSPS) is 15.2. The quantitative estimate of drug-likeness (QED) is 0.726. The molecule has 28 heavy (non-hydrogen) atoms. The lowest BCUT2D eigenvalue weighted by atomic mass is 10.1. The molecule has 0 bridgehead atoms. The van der Waals surface area contributed by atoms with E-state index in [1.54, 1.807) is 32.4 Å². The van der Waals surface area contributed by atoms with Crippen LogP contribution in [0.1, 0.15) is 24.2 Å². The van der Waals surface area contributed by atoms with Gasteiger partial charge >= 0.3 is 6.03 Å². The SMILES string of the molecule is COc1ccc(NC(=O)N2Cc3ccccc3-n3cccc3[C@H]2C)cc1OC. The maximum absolute atomic E-state index is 13.2. The van der Waals surface area contributed by atoms with Crippen molar-refractivity contribution >= 4 is 11.7 Å². The van der Waals surface area contributed by atoms with Gasteiger partial charge in [-0.05, 0) is 42.8 Å². The summed E-state index contributed by atoms with van der Waals surface area (Å²) in [5.41, 5.74) is 3.94. The molecule has 0 unspecified atom stereocenters. The van der Waals surface area contributed by atoms with E-state index in [9.17, 15) is 4.79 Å². The van der Waals surface area contributed by atoms with E-state index >= 15 is 0 Å². The Balaban J connectivity index is 1.65. The Morgan fingerprint density at radius 2 is 1.82 bits per heavy atom. The van der Waals surface area contributed by atoms with Crippen molar-refractivity contribution in [3.8, 4) is 17.2 Å². The van der Waals surface area contributed by atoms with Gasteiger partial charge in [0, 0.05) is 23.6 Å². The summed E-state index contributed by atoms with van der Waals surface area (Å²) in [6.45, 7) is 2.57. The number of hydrogen-bond donors (Lipinski definition) is 1. The highest BCUT2D eigenvalue weighted by atomic mass is 16.5. The minimum Gasteiger partial charge on any atom is -0.493 e. The van der Waals surface area contributed by atoms with Gasteiger partial charge in [0.2, 0.25) is 0 Å². The van der Waals surface area contributed by atoms with Crippen molar-refractivity contribution in [2.45, 2.75) is 19.5 Å². The average molecular weight is 377 g/mol. The zero-order chi connectivity index (χ0) is 19.7. The molecular formula is C22H23N3O3. The predicted octanol–water partition coefficient (Wildman–Crippen LogP) is 4.60. The zero-order valence-electron chi connectivity index (χ0n) is 16.2. The van der Waals surface area contributed by atoms with Crippen LogP contribution in [-0.4, -0.2) is 29.7 Å². The van der Waals surface area contributed by atoms with Crippen LogP contribution >= 0.6 is 0 Å². The van der Waals surface area contributed by atoms with Crippen molar-refractivity contribution in [1.29, 1.82) is 0 Å². The third-order valence-corrected chi connectivity index (χ3v) is 5.16. The summed E-state index contributed by atoms with van der Waals surface area (Å²) in [7, 11) is 3.16. The largest absolute Gasteiger partial charge is 0.493 e. The lowest BCUT2D eigenvalue weighted by Crippen LogP contribution is -2.36. The molecule has 0 saturated carbocycles. The van der Waals surface area contributed by atoms with Gasteiger partial charge in [-0.3, -0.25) is 0 Å². The number of hydrogen-bond acceptors (Lipinski definition) is 3. The maximum atomic E-state index is 13.2. The highest BCUT2D eigenvalue weighted by molar-refractivity contribution is 5.90. The fourth-order valence-electron chi connectivity index (χ4n) is 3.67. The summed E-state index contributed by atoms with van der Waals surface area (Å²) in [5.74, 6) is 1.19. The molecule has 0 saturated heterocycles. The van der Waals surface area contributed by atoms with E-state index in [0.717, 1.165) is 16.9 Å². The second-order valence-corrected chi connectivity index (χ2v) is 6.74. The van der Waals surface area contributed by atoms with Crippen molar-refractivity contribution in [3.05, 3.63) is 72.1 Å². The first-order chi connectivity index (χ1) is 13.6. The third kappa shape index (κ3) is 3.07. The van der Waals surface area contributed by atoms with Gasteiger partial charge in [-0.15, -0.1) is 0 Å². The molecule has 0 aliphatic carbocycles. The van der Waals surface area contributed by atoms with Crippen molar-refractivity contribution in [1.82, 2.24) is 9.47 Å². The number of rotatable bonds is 3.